The van der Waals surface area contributed by atoms with E-state index < -0.39 is 57.9 Å². The molecule has 0 amide bonds. The van der Waals surface area contributed by atoms with Crippen molar-refractivity contribution in [1.29, 1.82) is 0 Å². The van der Waals surface area contributed by atoms with E-state index in [9.17, 15) is 29.3 Å². The lowest BCUT2D eigenvalue weighted by molar-refractivity contribution is -0.161. The Morgan fingerprint density at radius 1 is 0.603 bits per heavy atom. The summed E-state index contributed by atoms with van der Waals surface area (Å²) in [4.78, 5) is 35.0. The Bertz CT molecular complexity index is 1250. The standard InChI is InChI=1S/C46H77O11P/c1-3-5-7-9-11-13-15-17-18-20-22-24-26-28-32-36-45(50)54-40-44(41-56-58(52,53)55-39-43(49)38-47)57-46(51)37-33-29-31-35-42(48)34-30-27-25-23-21-19-16-14-12-10-8-6-4-2/h6,8,12-15,19,21,25,27,29-31,34,42-44,47-49H,3-5,7,9-11,16-18,20,22-24,26,28,32-33,35-41H2,1-2H3,(H,52,53)/b8-6-,14-12-,15-13-,21-19-,27-25-,31-29-,34-30-/t42?,43-,44+/m0/s1. The Kier molecular flexibility index (Phi) is 38.8. The van der Waals surface area contributed by atoms with Gasteiger partial charge in [-0.1, -0.05) is 150 Å². The third-order valence-electron chi connectivity index (χ3n) is 8.63. The number of phosphoric ester groups is 1. The minimum absolute atomic E-state index is 0.0271. The minimum Gasteiger partial charge on any atom is -0.462 e. The van der Waals surface area contributed by atoms with Crippen LogP contribution in [-0.2, 0) is 32.7 Å². The molecule has 0 fully saturated rings. The molecule has 332 valence electrons. The van der Waals surface area contributed by atoms with E-state index in [-0.39, 0.29) is 19.4 Å². The Labute approximate surface area is 350 Å². The smallest absolute Gasteiger partial charge is 0.462 e. The highest BCUT2D eigenvalue weighted by Gasteiger charge is 2.27. The quantitative estimate of drug-likeness (QED) is 0.0153. The maximum atomic E-state index is 12.6. The molecule has 0 saturated heterocycles. The van der Waals surface area contributed by atoms with E-state index in [1.165, 1.54) is 51.4 Å². The van der Waals surface area contributed by atoms with E-state index in [2.05, 4.69) is 67.0 Å². The van der Waals surface area contributed by atoms with Gasteiger partial charge in [0.15, 0.2) is 6.10 Å². The third kappa shape index (κ3) is 39.9. The summed E-state index contributed by atoms with van der Waals surface area (Å²) in [6, 6.07) is 0. The van der Waals surface area contributed by atoms with Crippen LogP contribution in [0.5, 0.6) is 0 Å². The number of esters is 2. The monoisotopic (exact) mass is 837 g/mol. The molecule has 0 aliphatic rings. The number of aliphatic hydroxyl groups is 3. The van der Waals surface area contributed by atoms with Crippen molar-refractivity contribution in [3.63, 3.8) is 0 Å². The Hall–Kier alpha value is -2.89. The maximum Gasteiger partial charge on any atom is 0.472 e. The van der Waals surface area contributed by atoms with Crippen molar-refractivity contribution in [1.82, 2.24) is 0 Å². The van der Waals surface area contributed by atoms with Crippen molar-refractivity contribution in [3.8, 4) is 0 Å². The van der Waals surface area contributed by atoms with Crippen molar-refractivity contribution in [2.45, 2.75) is 167 Å². The van der Waals surface area contributed by atoms with E-state index in [0.717, 1.165) is 51.4 Å². The fourth-order valence-corrected chi connectivity index (χ4v) is 6.06. The van der Waals surface area contributed by atoms with E-state index in [4.69, 9.17) is 19.1 Å². The average molecular weight is 837 g/mol. The Morgan fingerprint density at radius 2 is 1.17 bits per heavy atom. The molecule has 0 aromatic carbocycles. The van der Waals surface area contributed by atoms with Crippen molar-refractivity contribution >= 4 is 19.8 Å². The number of unbranched alkanes of at least 4 members (excludes halogenated alkanes) is 11. The molecule has 0 bridgehead atoms. The second-order valence-electron chi connectivity index (χ2n) is 14.2. The first-order valence-electron chi connectivity index (χ1n) is 21.7. The number of hydrogen-bond donors (Lipinski definition) is 4. The number of phosphoric acid groups is 1. The number of carbonyl (C=O) groups excluding carboxylic acids is 2. The molecule has 0 saturated carbocycles. The third-order valence-corrected chi connectivity index (χ3v) is 9.58. The Balaban J connectivity index is 4.55. The van der Waals surface area contributed by atoms with Crippen LogP contribution in [0.1, 0.15) is 149 Å². The van der Waals surface area contributed by atoms with Crippen LogP contribution in [-0.4, -0.2) is 76.9 Å². The maximum absolute atomic E-state index is 12.6. The zero-order chi connectivity index (χ0) is 42.8. The van der Waals surface area contributed by atoms with Gasteiger partial charge in [-0.05, 0) is 70.6 Å². The molecule has 2 unspecified atom stereocenters. The highest BCUT2D eigenvalue weighted by Crippen LogP contribution is 2.43. The highest BCUT2D eigenvalue weighted by atomic mass is 31.2. The predicted octanol–water partition coefficient (Wildman–Crippen LogP) is 10.4. The molecular weight excluding hydrogens is 759 g/mol. The molecular formula is C46H77O11P. The summed E-state index contributed by atoms with van der Waals surface area (Å²) < 4.78 is 32.5. The number of aliphatic hydroxyl groups excluding tert-OH is 3. The van der Waals surface area contributed by atoms with Gasteiger partial charge in [0.2, 0.25) is 0 Å². The van der Waals surface area contributed by atoms with Crippen LogP contribution in [0, 0.1) is 0 Å². The summed E-state index contributed by atoms with van der Waals surface area (Å²) in [7, 11) is -4.67. The first-order valence-corrected chi connectivity index (χ1v) is 23.1. The van der Waals surface area contributed by atoms with Crippen LogP contribution in [0.2, 0.25) is 0 Å². The van der Waals surface area contributed by atoms with Gasteiger partial charge in [-0.25, -0.2) is 4.57 Å². The van der Waals surface area contributed by atoms with Crippen molar-refractivity contribution < 1.29 is 52.9 Å². The molecule has 0 radical (unpaired) electrons. The molecule has 4 N–H and O–H groups in total. The molecule has 0 rings (SSSR count). The summed E-state index contributed by atoms with van der Waals surface area (Å²) >= 11 is 0. The van der Waals surface area contributed by atoms with Crippen LogP contribution in [0.25, 0.3) is 0 Å². The van der Waals surface area contributed by atoms with E-state index in [0.29, 0.717) is 19.3 Å². The van der Waals surface area contributed by atoms with E-state index in [1.54, 1.807) is 24.3 Å². The molecule has 0 aromatic heterocycles. The number of rotatable bonds is 39. The summed E-state index contributed by atoms with van der Waals surface area (Å²) in [5, 5.41) is 28.5. The lowest BCUT2D eigenvalue weighted by Gasteiger charge is -2.20. The normalized spacial score (nSPS) is 15.2. The van der Waals surface area contributed by atoms with Crippen LogP contribution < -0.4 is 0 Å². The molecule has 0 heterocycles. The first-order chi connectivity index (χ1) is 28.1. The number of ether oxygens (including phenoxy) is 2. The van der Waals surface area contributed by atoms with Gasteiger partial charge in [-0.15, -0.1) is 0 Å². The molecule has 0 aliphatic heterocycles. The highest BCUT2D eigenvalue weighted by molar-refractivity contribution is 7.47. The molecule has 0 aliphatic carbocycles. The van der Waals surface area contributed by atoms with Gasteiger partial charge in [0.25, 0.3) is 0 Å². The first kappa shape index (κ1) is 55.1. The van der Waals surface area contributed by atoms with Gasteiger partial charge < -0.3 is 29.7 Å². The topological polar surface area (TPSA) is 169 Å². The van der Waals surface area contributed by atoms with Crippen LogP contribution in [0.3, 0.4) is 0 Å². The summed E-state index contributed by atoms with van der Waals surface area (Å²) in [5.41, 5.74) is 0. The Morgan fingerprint density at radius 3 is 1.81 bits per heavy atom. The van der Waals surface area contributed by atoms with Gasteiger partial charge in [-0.3, -0.25) is 18.6 Å². The zero-order valence-electron chi connectivity index (χ0n) is 35.6. The molecule has 4 atom stereocenters. The molecule has 58 heavy (non-hydrogen) atoms. The summed E-state index contributed by atoms with van der Waals surface area (Å²) in [5.74, 6) is -1.12. The van der Waals surface area contributed by atoms with Gasteiger partial charge in [0, 0.05) is 12.8 Å². The number of hydrogen-bond acceptors (Lipinski definition) is 10. The molecule has 0 spiro atoms. The van der Waals surface area contributed by atoms with Gasteiger partial charge >= 0.3 is 19.8 Å². The van der Waals surface area contributed by atoms with Crippen LogP contribution in [0.15, 0.2) is 85.1 Å². The lowest BCUT2D eigenvalue weighted by atomic mass is 10.1. The minimum atomic E-state index is -4.67. The van der Waals surface area contributed by atoms with Crippen molar-refractivity contribution in [2.24, 2.45) is 0 Å². The van der Waals surface area contributed by atoms with Crippen LogP contribution in [0.4, 0.5) is 0 Å². The fraction of sp³-hybridized carbons (Fsp3) is 0.652. The predicted molar refractivity (Wildman–Crippen MR) is 234 cm³/mol. The molecule has 11 nitrogen and oxygen atoms in total. The average Bonchev–Trinajstić information content (AvgIpc) is 3.21. The summed E-state index contributed by atoms with van der Waals surface area (Å²) in [6.07, 6.45) is 44.4. The van der Waals surface area contributed by atoms with Gasteiger partial charge in [0.1, 0.15) is 12.7 Å². The van der Waals surface area contributed by atoms with Crippen molar-refractivity contribution in [2.75, 3.05) is 26.4 Å². The lowest BCUT2D eigenvalue weighted by Crippen LogP contribution is -2.29. The van der Waals surface area contributed by atoms with Gasteiger partial charge in [-0.2, -0.15) is 0 Å². The zero-order valence-corrected chi connectivity index (χ0v) is 36.5. The SMILES string of the molecule is CC/C=C\C/C=C\C/C=C\C/C=C\C=C/C(O)C/C=C\CCC(=O)O[C@H](COC(=O)CCCCCCCCC/C=C\CCCCCC)COP(=O)(O)OC[C@@H](O)CO. The summed E-state index contributed by atoms with van der Waals surface area (Å²) in [6.45, 7) is 2.03. The number of carbonyl (C=O) groups is 2. The molecule has 12 heteroatoms. The number of allylic oxidation sites excluding steroid dienone is 12. The van der Waals surface area contributed by atoms with E-state index >= 15 is 0 Å². The largest absolute Gasteiger partial charge is 0.472 e. The van der Waals surface area contributed by atoms with Gasteiger partial charge in [0.05, 0.1) is 25.9 Å². The molecule has 0 aromatic rings. The van der Waals surface area contributed by atoms with Crippen molar-refractivity contribution in [3.05, 3.63) is 85.1 Å². The van der Waals surface area contributed by atoms with Crippen LogP contribution >= 0.6 is 7.82 Å². The fourth-order valence-electron chi connectivity index (χ4n) is 5.27. The van der Waals surface area contributed by atoms with E-state index in [1.807, 2.05) is 12.2 Å². The second-order valence-corrected chi connectivity index (χ2v) is 15.6. The second kappa shape index (κ2) is 40.9.